The maximum atomic E-state index is 12.0. The summed E-state index contributed by atoms with van der Waals surface area (Å²) in [7, 11) is 4.07. The molecular weight excluding hydrogens is 372 g/mol. The van der Waals surface area contributed by atoms with Crippen LogP contribution in [0.4, 0.5) is 0 Å². The van der Waals surface area contributed by atoms with Crippen molar-refractivity contribution in [1.82, 2.24) is 0 Å². The minimum absolute atomic E-state index is 0.333. The highest BCUT2D eigenvalue weighted by Crippen LogP contribution is 2.15. The number of carbonyl (C=O) groups is 3. The molecule has 0 heterocycles. The van der Waals surface area contributed by atoms with Crippen molar-refractivity contribution in [2.24, 2.45) is 0 Å². The van der Waals surface area contributed by atoms with Crippen molar-refractivity contribution in [2.45, 2.75) is 59.3 Å². The van der Waals surface area contributed by atoms with Crippen LogP contribution in [-0.2, 0) is 28.6 Å². The number of hydrogen-bond acceptors (Lipinski definition) is 6. The fourth-order valence-electron chi connectivity index (χ4n) is 2.56. The average molecular weight is 407 g/mol. The molecule has 0 aliphatic heterocycles. The largest absolute Gasteiger partial charge is 0.466 e. The lowest BCUT2D eigenvalue weighted by Gasteiger charge is -2.06. The molecule has 162 valence electrons. The van der Waals surface area contributed by atoms with Crippen LogP contribution in [0.3, 0.4) is 0 Å². The van der Waals surface area contributed by atoms with Crippen molar-refractivity contribution < 1.29 is 28.6 Å². The van der Waals surface area contributed by atoms with Crippen LogP contribution in [0.2, 0.25) is 0 Å². The van der Waals surface area contributed by atoms with E-state index in [0.717, 1.165) is 31.3 Å². The zero-order valence-corrected chi connectivity index (χ0v) is 18.5. The topological polar surface area (TPSA) is 78.9 Å². The average Bonchev–Trinajstić information content (AvgIpc) is 2.70. The van der Waals surface area contributed by atoms with Gasteiger partial charge in [-0.1, -0.05) is 29.4 Å². The van der Waals surface area contributed by atoms with Crippen molar-refractivity contribution >= 4 is 17.9 Å². The molecule has 0 bridgehead atoms. The van der Waals surface area contributed by atoms with Gasteiger partial charge in [-0.3, -0.25) is 0 Å². The van der Waals surface area contributed by atoms with E-state index in [9.17, 15) is 14.4 Å². The smallest absolute Gasteiger partial charge is 0.333 e. The first-order valence-electron chi connectivity index (χ1n) is 9.68. The van der Waals surface area contributed by atoms with Crippen LogP contribution in [0.1, 0.15) is 59.3 Å². The minimum atomic E-state index is -0.369. The Morgan fingerprint density at radius 3 is 1.79 bits per heavy atom. The van der Waals surface area contributed by atoms with Gasteiger partial charge in [0.1, 0.15) is 0 Å². The van der Waals surface area contributed by atoms with Gasteiger partial charge in [-0.25, -0.2) is 14.4 Å². The third-order valence-electron chi connectivity index (χ3n) is 4.35. The molecule has 0 saturated heterocycles. The van der Waals surface area contributed by atoms with Crippen LogP contribution in [0.5, 0.6) is 0 Å². The summed E-state index contributed by atoms with van der Waals surface area (Å²) in [6, 6.07) is 0. The molecule has 0 aromatic heterocycles. The third-order valence-corrected chi connectivity index (χ3v) is 4.35. The highest BCUT2D eigenvalue weighted by molar-refractivity contribution is 5.89. The first-order valence-corrected chi connectivity index (χ1v) is 9.68. The van der Waals surface area contributed by atoms with Crippen molar-refractivity contribution in [3.8, 4) is 0 Å². The normalized spacial score (nSPS) is 13.2. The molecule has 0 saturated carbocycles. The van der Waals surface area contributed by atoms with Crippen LogP contribution in [0.15, 0.2) is 46.6 Å². The summed E-state index contributed by atoms with van der Waals surface area (Å²) in [5, 5.41) is 0. The van der Waals surface area contributed by atoms with Gasteiger partial charge >= 0.3 is 17.9 Å². The second-order valence-electron chi connectivity index (χ2n) is 6.78. The van der Waals surface area contributed by atoms with Crippen LogP contribution in [0, 0.1) is 0 Å². The van der Waals surface area contributed by atoms with Crippen molar-refractivity contribution in [1.29, 1.82) is 0 Å². The van der Waals surface area contributed by atoms with E-state index in [1.807, 2.05) is 19.9 Å². The van der Waals surface area contributed by atoms with E-state index in [1.54, 1.807) is 13.0 Å². The molecule has 29 heavy (non-hydrogen) atoms. The molecule has 6 heteroatoms. The lowest BCUT2D eigenvalue weighted by molar-refractivity contribution is -0.136. The van der Waals surface area contributed by atoms with Gasteiger partial charge in [-0.15, -0.1) is 0 Å². The summed E-state index contributed by atoms with van der Waals surface area (Å²) in [5.74, 6) is -1.05. The fraction of sp³-hybridized carbons (Fsp3) is 0.522. The van der Waals surface area contributed by atoms with Crippen molar-refractivity contribution in [3.63, 3.8) is 0 Å². The van der Waals surface area contributed by atoms with Crippen LogP contribution in [-0.4, -0.2) is 39.2 Å². The summed E-state index contributed by atoms with van der Waals surface area (Å²) in [5.41, 5.74) is 3.32. The number of allylic oxidation sites excluding steroid dienone is 5. The van der Waals surface area contributed by atoms with E-state index in [2.05, 4.69) is 15.5 Å². The van der Waals surface area contributed by atoms with Gasteiger partial charge in [-0.05, 0) is 59.3 Å². The number of esters is 3. The molecule has 0 spiro atoms. The molecule has 0 N–H and O–H groups in total. The Kier molecular flexibility index (Phi) is 13.9. The summed E-state index contributed by atoms with van der Waals surface area (Å²) in [6.45, 7) is 5.64. The second-order valence-corrected chi connectivity index (χ2v) is 6.78. The Hall–Kier alpha value is -2.63. The molecule has 6 nitrogen and oxygen atoms in total. The van der Waals surface area contributed by atoms with Gasteiger partial charge < -0.3 is 14.2 Å². The van der Waals surface area contributed by atoms with Gasteiger partial charge in [-0.2, -0.15) is 0 Å². The minimum Gasteiger partial charge on any atom is -0.466 e. The number of carbonyl (C=O) groups excluding carboxylic acids is 3. The first kappa shape index (κ1) is 26.4. The fourth-order valence-corrected chi connectivity index (χ4v) is 2.56. The molecular formula is C23H34O6. The van der Waals surface area contributed by atoms with E-state index in [4.69, 9.17) is 4.74 Å². The molecule has 0 radical (unpaired) electrons. The molecule has 0 aliphatic carbocycles. The van der Waals surface area contributed by atoms with Crippen molar-refractivity contribution in [2.75, 3.05) is 21.3 Å². The first-order chi connectivity index (χ1) is 13.7. The van der Waals surface area contributed by atoms with E-state index in [1.165, 1.54) is 33.0 Å². The Bertz CT molecular complexity index is 679. The molecule has 0 atom stereocenters. The number of rotatable bonds is 12. The van der Waals surface area contributed by atoms with Crippen LogP contribution >= 0.6 is 0 Å². The number of methoxy groups -OCH3 is 3. The molecule has 0 aliphatic rings. The Labute approximate surface area is 174 Å². The second kappa shape index (κ2) is 15.3. The molecule has 0 aromatic rings. The SMILES string of the molecule is COC(=O)C=C(C)CCC=C(C)CCC=C(CCC=C(C)C(=O)OC)C(=O)OC. The molecule has 0 aromatic carbocycles. The Morgan fingerprint density at radius 2 is 1.21 bits per heavy atom. The van der Waals surface area contributed by atoms with E-state index in [-0.39, 0.29) is 17.9 Å². The van der Waals surface area contributed by atoms with Gasteiger partial charge in [0.2, 0.25) is 0 Å². The summed E-state index contributed by atoms with van der Waals surface area (Å²) < 4.78 is 14.1. The number of hydrogen-bond donors (Lipinski definition) is 0. The van der Waals surface area contributed by atoms with Crippen molar-refractivity contribution in [3.05, 3.63) is 46.6 Å². The Morgan fingerprint density at radius 1 is 0.655 bits per heavy atom. The predicted molar refractivity (Wildman–Crippen MR) is 113 cm³/mol. The molecule has 0 rings (SSSR count). The lowest BCUT2D eigenvalue weighted by Crippen LogP contribution is -2.05. The molecule has 0 unspecified atom stereocenters. The maximum Gasteiger partial charge on any atom is 0.333 e. The predicted octanol–water partition coefficient (Wildman–Crippen LogP) is 4.61. The van der Waals surface area contributed by atoms with Gasteiger partial charge in [0.15, 0.2) is 0 Å². The van der Waals surface area contributed by atoms with Gasteiger partial charge in [0.05, 0.1) is 21.3 Å². The highest BCUT2D eigenvalue weighted by Gasteiger charge is 2.09. The zero-order chi connectivity index (χ0) is 22.2. The quantitative estimate of drug-likeness (QED) is 0.204. The Balaban J connectivity index is 4.65. The highest BCUT2D eigenvalue weighted by atomic mass is 16.5. The van der Waals surface area contributed by atoms with E-state index >= 15 is 0 Å². The lowest BCUT2D eigenvalue weighted by atomic mass is 10.0. The summed E-state index contributed by atoms with van der Waals surface area (Å²) >= 11 is 0. The number of ether oxygens (including phenoxy) is 3. The maximum absolute atomic E-state index is 12.0. The van der Waals surface area contributed by atoms with Gasteiger partial charge in [0.25, 0.3) is 0 Å². The van der Waals surface area contributed by atoms with E-state index < -0.39 is 0 Å². The molecule has 0 fully saturated rings. The zero-order valence-electron chi connectivity index (χ0n) is 18.5. The molecule has 0 amide bonds. The third kappa shape index (κ3) is 12.4. The summed E-state index contributed by atoms with van der Waals surface area (Å²) in [4.78, 5) is 34.5. The van der Waals surface area contributed by atoms with E-state index in [0.29, 0.717) is 24.0 Å². The standard InChI is InChI=1S/C23H34O6/c1-17(10-7-12-18(2)16-21(24)27-4)11-8-14-20(23(26)29-6)15-9-13-19(3)22(25)28-5/h10,13-14,16H,7-9,11-12,15H2,1-6H3. The van der Waals surface area contributed by atoms with Crippen LogP contribution in [0.25, 0.3) is 0 Å². The van der Waals surface area contributed by atoms with Crippen LogP contribution < -0.4 is 0 Å². The van der Waals surface area contributed by atoms with Gasteiger partial charge in [0, 0.05) is 17.2 Å². The summed E-state index contributed by atoms with van der Waals surface area (Å²) in [6.07, 6.45) is 11.6. The monoisotopic (exact) mass is 406 g/mol.